The van der Waals surface area contributed by atoms with Gasteiger partial charge in [0.05, 0.1) is 11.3 Å². The van der Waals surface area contributed by atoms with Gasteiger partial charge in [0.1, 0.15) is 5.75 Å². The highest BCUT2D eigenvalue weighted by Gasteiger charge is 2.18. The van der Waals surface area contributed by atoms with Crippen molar-refractivity contribution < 1.29 is 4.74 Å². The van der Waals surface area contributed by atoms with Crippen LogP contribution in [0.4, 0.5) is 0 Å². The average molecular weight is 344 g/mol. The monoisotopic (exact) mass is 344 g/mol. The Morgan fingerprint density at radius 3 is 2.19 bits per heavy atom. The highest BCUT2D eigenvalue weighted by Crippen LogP contribution is 2.32. The van der Waals surface area contributed by atoms with Gasteiger partial charge in [-0.3, -0.25) is 4.79 Å². The van der Waals surface area contributed by atoms with Crippen molar-refractivity contribution in [2.24, 2.45) is 7.05 Å². The first-order chi connectivity index (χ1) is 12.6. The molecule has 0 aliphatic heterocycles. The van der Waals surface area contributed by atoms with Gasteiger partial charge < -0.3 is 4.74 Å². The molecule has 4 aromatic rings. The summed E-state index contributed by atoms with van der Waals surface area (Å²) in [5.41, 5.74) is 2.51. The zero-order valence-corrected chi connectivity index (χ0v) is 15.1. The molecule has 0 saturated carbocycles. The van der Waals surface area contributed by atoms with Gasteiger partial charge in [0.2, 0.25) is 5.88 Å². The highest BCUT2D eigenvalue weighted by atomic mass is 16.5. The lowest BCUT2D eigenvalue weighted by molar-refractivity contribution is 0.420. The predicted octanol–water partition coefficient (Wildman–Crippen LogP) is 4.74. The second-order valence-electron chi connectivity index (χ2n) is 6.43. The molecule has 4 rings (SSSR count). The zero-order valence-electron chi connectivity index (χ0n) is 15.1. The van der Waals surface area contributed by atoms with Crippen LogP contribution >= 0.6 is 0 Å². The van der Waals surface area contributed by atoms with Gasteiger partial charge in [-0.15, -0.1) is 0 Å². The van der Waals surface area contributed by atoms with Crippen molar-refractivity contribution in [2.75, 3.05) is 0 Å². The van der Waals surface area contributed by atoms with Crippen molar-refractivity contribution in [1.82, 2.24) is 9.36 Å². The van der Waals surface area contributed by atoms with Crippen LogP contribution in [-0.4, -0.2) is 9.36 Å². The Bertz CT molecular complexity index is 1150. The van der Waals surface area contributed by atoms with Crippen LogP contribution in [0.2, 0.25) is 0 Å². The number of fused-ring (bicyclic) bond motifs is 1. The largest absolute Gasteiger partial charge is 0.438 e. The molecule has 4 heteroatoms. The van der Waals surface area contributed by atoms with Gasteiger partial charge in [-0.05, 0) is 43.0 Å². The first kappa shape index (κ1) is 16.2. The van der Waals surface area contributed by atoms with E-state index in [1.54, 1.807) is 16.3 Å². The maximum atomic E-state index is 12.8. The van der Waals surface area contributed by atoms with Gasteiger partial charge in [0, 0.05) is 12.4 Å². The van der Waals surface area contributed by atoms with Crippen LogP contribution in [0.3, 0.4) is 0 Å². The van der Waals surface area contributed by atoms with Crippen molar-refractivity contribution in [3.05, 3.63) is 88.2 Å². The summed E-state index contributed by atoms with van der Waals surface area (Å²) in [6, 6.07) is 21.7. The van der Waals surface area contributed by atoms with Crippen LogP contribution in [0.25, 0.3) is 16.5 Å². The van der Waals surface area contributed by atoms with Gasteiger partial charge in [0.15, 0.2) is 0 Å². The smallest absolute Gasteiger partial charge is 0.278 e. The van der Waals surface area contributed by atoms with E-state index in [1.165, 1.54) is 5.56 Å². The Kier molecular flexibility index (Phi) is 3.88. The van der Waals surface area contributed by atoms with E-state index in [-0.39, 0.29) is 5.56 Å². The Hall–Kier alpha value is -3.27. The lowest BCUT2D eigenvalue weighted by atomic mass is 10.0. The van der Waals surface area contributed by atoms with Crippen molar-refractivity contribution in [3.63, 3.8) is 0 Å². The molecule has 0 unspecified atom stereocenters. The summed E-state index contributed by atoms with van der Waals surface area (Å²) in [5, 5.41) is 2.18. The fraction of sp³-hybridized carbons (Fsp3) is 0.136. The SMILES string of the molecule is Cc1c(Oc2ccc(C)c3ccccc23)n(C)n(-c2ccccc2)c1=O. The molecule has 26 heavy (non-hydrogen) atoms. The van der Waals surface area contributed by atoms with E-state index in [0.29, 0.717) is 11.4 Å². The van der Waals surface area contributed by atoms with Crippen molar-refractivity contribution in [1.29, 1.82) is 0 Å². The fourth-order valence-corrected chi connectivity index (χ4v) is 3.34. The second-order valence-corrected chi connectivity index (χ2v) is 6.43. The summed E-state index contributed by atoms with van der Waals surface area (Å²) in [5.74, 6) is 1.29. The first-order valence-corrected chi connectivity index (χ1v) is 8.58. The first-order valence-electron chi connectivity index (χ1n) is 8.58. The highest BCUT2D eigenvalue weighted by molar-refractivity contribution is 5.91. The number of aryl methyl sites for hydroxylation is 1. The molecule has 1 heterocycles. The predicted molar refractivity (Wildman–Crippen MR) is 105 cm³/mol. The minimum absolute atomic E-state index is 0.0786. The maximum Gasteiger partial charge on any atom is 0.278 e. The average Bonchev–Trinajstić information content (AvgIpc) is 2.88. The second kappa shape index (κ2) is 6.23. The van der Waals surface area contributed by atoms with E-state index in [9.17, 15) is 4.79 Å². The summed E-state index contributed by atoms with van der Waals surface area (Å²) in [6.45, 7) is 3.88. The summed E-state index contributed by atoms with van der Waals surface area (Å²) in [7, 11) is 1.84. The van der Waals surface area contributed by atoms with E-state index in [2.05, 4.69) is 13.0 Å². The van der Waals surface area contributed by atoms with Crippen LogP contribution in [0.15, 0.2) is 71.5 Å². The summed E-state index contributed by atoms with van der Waals surface area (Å²) in [4.78, 5) is 12.8. The molecule has 0 aliphatic rings. The van der Waals surface area contributed by atoms with Gasteiger partial charge >= 0.3 is 0 Å². The molecule has 0 aliphatic carbocycles. The normalized spacial score (nSPS) is 11.0. The standard InChI is InChI=1S/C22H20N2O2/c1-15-13-14-20(19-12-8-7-11-18(15)19)26-22-16(2)21(25)24(23(22)3)17-9-5-4-6-10-17/h4-14H,1-3H3. The van der Waals surface area contributed by atoms with Gasteiger partial charge in [0.25, 0.3) is 5.56 Å². The van der Waals surface area contributed by atoms with Crippen molar-refractivity contribution >= 4 is 10.8 Å². The number of ether oxygens (including phenoxy) is 1. The minimum Gasteiger partial charge on any atom is -0.438 e. The van der Waals surface area contributed by atoms with E-state index in [4.69, 9.17) is 4.74 Å². The Labute approximate surface area is 151 Å². The summed E-state index contributed by atoms with van der Waals surface area (Å²) in [6.07, 6.45) is 0. The number of nitrogens with zero attached hydrogens (tertiary/aromatic N) is 2. The van der Waals surface area contributed by atoms with Gasteiger partial charge in [-0.2, -0.15) is 0 Å². The van der Waals surface area contributed by atoms with Crippen LogP contribution in [0, 0.1) is 13.8 Å². The lowest BCUT2D eigenvalue weighted by Crippen LogP contribution is -2.20. The molecule has 0 N–H and O–H groups in total. The molecule has 3 aromatic carbocycles. The Morgan fingerprint density at radius 2 is 1.46 bits per heavy atom. The maximum absolute atomic E-state index is 12.8. The van der Waals surface area contributed by atoms with Crippen molar-refractivity contribution in [3.8, 4) is 17.3 Å². The third-order valence-electron chi connectivity index (χ3n) is 4.74. The Morgan fingerprint density at radius 1 is 0.808 bits per heavy atom. The topological polar surface area (TPSA) is 36.2 Å². The molecule has 0 atom stereocenters. The third kappa shape index (κ3) is 2.51. The fourth-order valence-electron chi connectivity index (χ4n) is 3.34. The molecule has 0 amide bonds. The molecular formula is C22H20N2O2. The van der Waals surface area contributed by atoms with Crippen LogP contribution in [0.5, 0.6) is 11.6 Å². The van der Waals surface area contributed by atoms with E-state index < -0.39 is 0 Å². The molecular weight excluding hydrogens is 324 g/mol. The minimum atomic E-state index is -0.0786. The van der Waals surface area contributed by atoms with Gasteiger partial charge in [-0.1, -0.05) is 48.5 Å². The van der Waals surface area contributed by atoms with E-state index in [1.807, 2.05) is 67.7 Å². The number of rotatable bonds is 3. The molecule has 0 bridgehead atoms. The van der Waals surface area contributed by atoms with Crippen LogP contribution < -0.4 is 10.3 Å². The van der Waals surface area contributed by atoms with Gasteiger partial charge in [-0.25, -0.2) is 9.36 Å². The lowest BCUT2D eigenvalue weighted by Gasteiger charge is -2.13. The quantitative estimate of drug-likeness (QED) is 0.538. The van der Waals surface area contributed by atoms with Crippen LogP contribution in [-0.2, 0) is 7.05 Å². The molecule has 0 fully saturated rings. The summed E-state index contributed by atoms with van der Waals surface area (Å²) >= 11 is 0. The molecule has 1 aromatic heterocycles. The molecule has 130 valence electrons. The van der Waals surface area contributed by atoms with Crippen LogP contribution in [0.1, 0.15) is 11.1 Å². The number of benzene rings is 3. The van der Waals surface area contributed by atoms with Crippen molar-refractivity contribution in [2.45, 2.75) is 13.8 Å². The molecule has 0 radical (unpaired) electrons. The molecule has 0 spiro atoms. The molecule has 4 nitrogen and oxygen atoms in total. The van der Waals surface area contributed by atoms with E-state index >= 15 is 0 Å². The Balaban J connectivity index is 1.87. The van der Waals surface area contributed by atoms with E-state index in [0.717, 1.165) is 22.2 Å². The molecule has 0 saturated heterocycles. The number of aromatic nitrogens is 2. The summed E-state index contributed by atoms with van der Waals surface area (Å²) < 4.78 is 9.62. The number of para-hydroxylation sites is 1. The number of hydrogen-bond donors (Lipinski definition) is 0. The number of hydrogen-bond acceptors (Lipinski definition) is 2. The zero-order chi connectivity index (χ0) is 18.3. The third-order valence-corrected chi connectivity index (χ3v) is 4.74.